The van der Waals surface area contributed by atoms with E-state index in [1.807, 2.05) is 0 Å². The van der Waals surface area contributed by atoms with Gasteiger partial charge in [0.1, 0.15) is 0 Å². The first kappa shape index (κ1) is 42.3. The minimum atomic E-state index is -0.0290. The second-order valence-electron chi connectivity index (χ2n) is 16.2. The lowest BCUT2D eigenvalue weighted by molar-refractivity contribution is -0.126. The van der Waals surface area contributed by atoms with Gasteiger partial charge in [0, 0.05) is 0 Å². The first-order valence-electron chi connectivity index (χ1n) is 22.0. The Balaban J connectivity index is 1.43. The van der Waals surface area contributed by atoms with Crippen LogP contribution in [0.1, 0.15) is 245 Å². The number of nitrogens with one attached hydrogen (secondary N) is 1. The maximum Gasteiger partial charge on any atom is 0.230 e. The van der Waals surface area contributed by atoms with Crippen LogP contribution >= 0.6 is 0 Å². The lowest BCUT2D eigenvalue weighted by atomic mass is 9.65. The van der Waals surface area contributed by atoms with Crippen LogP contribution in [0.2, 0.25) is 0 Å². The van der Waals surface area contributed by atoms with Crippen LogP contribution in [0.15, 0.2) is 0 Å². The monoisotopic (exact) mass is 658 g/mol. The van der Waals surface area contributed by atoms with Crippen LogP contribution in [0.4, 0.5) is 0 Å². The number of hydrogen-bond donors (Lipinski definition) is 1. The van der Waals surface area contributed by atoms with Crippen LogP contribution in [-0.4, -0.2) is 11.8 Å². The molecule has 1 aliphatic carbocycles. The van der Waals surface area contributed by atoms with E-state index in [0.29, 0.717) is 11.8 Å². The van der Waals surface area contributed by atoms with Crippen molar-refractivity contribution in [3.63, 3.8) is 0 Å². The average molecular weight is 658 g/mol. The highest BCUT2D eigenvalue weighted by Gasteiger charge is 2.51. The number of unbranched alkanes of at least 4 members (excludes halogenated alkanes) is 30. The molecule has 1 aliphatic heterocycles. The fraction of sp³-hybridized carbons (Fsp3) is 0.955. The Morgan fingerprint density at radius 3 is 0.809 bits per heavy atom. The van der Waals surface area contributed by atoms with Crippen molar-refractivity contribution in [2.75, 3.05) is 0 Å². The Bertz CT molecular complexity index is 674. The smallest absolute Gasteiger partial charge is 0.230 e. The third-order valence-electron chi connectivity index (χ3n) is 12.0. The maximum absolute atomic E-state index is 12.8. The highest BCUT2D eigenvalue weighted by molar-refractivity contribution is 6.05. The fourth-order valence-corrected chi connectivity index (χ4v) is 8.97. The van der Waals surface area contributed by atoms with Crippen LogP contribution in [0, 0.1) is 23.7 Å². The number of fused-ring (bicyclic) bond motifs is 1. The van der Waals surface area contributed by atoms with Gasteiger partial charge in [-0.1, -0.05) is 219 Å². The van der Waals surface area contributed by atoms with Crippen LogP contribution in [0.5, 0.6) is 0 Å². The molecule has 1 saturated carbocycles. The van der Waals surface area contributed by atoms with Gasteiger partial charge in [-0.05, 0) is 37.5 Å². The lowest BCUT2D eigenvalue weighted by Crippen LogP contribution is -2.36. The summed E-state index contributed by atoms with van der Waals surface area (Å²) in [7, 11) is 0. The molecule has 0 aromatic heterocycles. The first-order valence-corrected chi connectivity index (χ1v) is 22.0. The van der Waals surface area contributed by atoms with Crippen molar-refractivity contribution >= 4 is 11.8 Å². The predicted octanol–water partition coefficient (Wildman–Crippen LogP) is 14.2. The van der Waals surface area contributed by atoms with Gasteiger partial charge >= 0.3 is 0 Å². The first-order chi connectivity index (χ1) is 23.2. The number of amides is 2. The van der Waals surface area contributed by atoms with Gasteiger partial charge in [-0.15, -0.1) is 0 Å². The molecule has 0 spiro atoms. The normalized spacial score (nSPS) is 21.0. The van der Waals surface area contributed by atoms with E-state index in [4.69, 9.17) is 0 Å². The van der Waals surface area contributed by atoms with Crippen LogP contribution in [0.25, 0.3) is 0 Å². The number of imide groups is 1. The molecule has 1 saturated heterocycles. The van der Waals surface area contributed by atoms with Crippen LogP contribution in [-0.2, 0) is 9.59 Å². The zero-order chi connectivity index (χ0) is 33.6. The largest absolute Gasteiger partial charge is 0.296 e. The molecule has 0 aromatic carbocycles. The van der Waals surface area contributed by atoms with Gasteiger partial charge < -0.3 is 0 Å². The summed E-state index contributed by atoms with van der Waals surface area (Å²) in [6.45, 7) is 4.59. The predicted molar refractivity (Wildman–Crippen MR) is 205 cm³/mol. The molecule has 276 valence electrons. The molecule has 3 heteroatoms. The zero-order valence-electron chi connectivity index (χ0n) is 32.1. The molecule has 2 fully saturated rings. The van der Waals surface area contributed by atoms with Gasteiger partial charge in [-0.3, -0.25) is 14.9 Å². The van der Waals surface area contributed by atoms with E-state index in [-0.39, 0.29) is 23.7 Å². The number of hydrogen-bond acceptors (Lipinski definition) is 2. The molecule has 0 radical (unpaired) electrons. The van der Waals surface area contributed by atoms with Crippen molar-refractivity contribution in [2.45, 2.75) is 245 Å². The van der Waals surface area contributed by atoms with Gasteiger partial charge in [0.05, 0.1) is 11.8 Å². The summed E-state index contributed by atoms with van der Waals surface area (Å²) in [5.41, 5.74) is 0. The lowest BCUT2D eigenvalue weighted by Gasteiger charge is -2.37. The summed E-state index contributed by atoms with van der Waals surface area (Å²) >= 11 is 0. The average Bonchev–Trinajstić information content (AvgIpc) is 3.38. The fourth-order valence-electron chi connectivity index (χ4n) is 8.97. The van der Waals surface area contributed by atoms with Crippen molar-refractivity contribution in [3.8, 4) is 0 Å². The summed E-state index contributed by atoms with van der Waals surface area (Å²) < 4.78 is 0. The van der Waals surface area contributed by atoms with E-state index in [1.165, 1.54) is 205 Å². The molecular weight excluding hydrogens is 574 g/mol. The second kappa shape index (κ2) is 30.0. The van der Waals surface area contributed by atoms with Gasteiger partial charge in [0.2, 0.25) is 11.8 Å². The Kier molecular flexibility index (Phi) is 27.0. The van der Waals surface area contributed by atoms with Crippen molar-refractivity contribution in [1.82, 2.24) is 5.32 Å². The van der Waals surface area contributed by atoms with Gasteiger partial charge in [-0.2, -0.15) is 0 Å². The zero-order valence-corrected chi connectivity index (χ0v) is 32.1. The summed E-state index contributed by atoms with van der Waals surface area (Å²) in [5, 5.41) is 2.75. The van der Waals surface area contributed by atoms with Crippen LogP contribution < -0.4 is 5.32 Å². The van der Waals surface area contributed by atoms with Gasteiger partial charge in [-0.25, -0.2) is 0 Å². The van der Waals surface area contributed by atoms with E-state index in [1.54, 1.807) is 0 Å². The van der Waals surface area contributed by atoms with Crippen molar-refractivity contribution in [2.24, 2.45) is 23.7 Å². The minimum Gasteiger partial charge on any atom is -0.296 e. The molecule has 1 N–H and O–H groups in total. The standard InChI is InChI=1S/C44H83NO2/c1-3-5-7-9-11-13-15-17-19-21-23-25-27-29-31-33-35-39-37-38-40(42-41(39)43(46)45-44(42)47)36-34-32-30-28-26-24-22-20-18-16-14-12-10-8-6-4-2/h39-42H,3-38H2,1-2H3,(H,45,46,47). The Morgan fingerprint density at radius 1 is 0.362 bits per heavy atom. The van der Waals surface area contributed by atoms with Gasteiger partial charge in [0.25, 0.3) is 0 Å². The molecule has 4 atom stereocenters. The molecule has 0 aromatic rings. The van der Waals surface area contributed by atoms with E-state index in [9.17, 15) is 9.59 Å². The van der Waals surface area contributed by atoms with E-state index in [0.717, 1.165) is 25.7 Å². The molecule has 0 bridgehead atoms. The molecule has 2 rings (SSSR count). The third kappa shape index (κ3) is 20.4. The quantitative estimate of drug-likeness (QED) is 0.0553. The number of carbonyl (C=O) groups is 2. The van der Waals surface area contributed by atoms with E-state index < -0.39 is 0 Å². The second-order valence-corrected chi connectivity index (χ2v) is 16.2. The minimum absolute atomic E-state index is 0.0290. The third-order valence-corrected chi connectivity index (χ3v) is 12.0. The molecule has 2 aliphatic rings. The maximum atomic E-state index is 12.8. The van der Waals surface area contributed by atoms with Crippen molar-refractivity contribution in [3.05, 3.63) is 0 Å². The summed E-state index contributed by atoms with van der Waals surface area (Å²) in [6.07, 6.45) is 49.2. The molecule has 1 heterocycles. The van der Waals surface area contributed by atoms with Gasteiger partial charge in [0.15, 0.2) is 0 Å². The highest BCUT2D eigenvalue weighted by atomic mass is 16.2. The number of carbonyl (C=O) groups excluding carboxylic acids is 2. The Morgan fingerprint density at radius 2 is 0.574 bits per heavy atom. The molecule has 4 unspecified atom stereocenters. The summed E-state index contributed by atoms with van der Waals surface area (Å²) in [6, 6.07) is 0. The molecule has 3 nitrogen and oxygen atoms in total. The van der Waals surface area contributed by atoms with Crippen molar-refractivity contribution < 1.29 is 9.59 Å². The van der Waals surface area contributed by atoms with Crippen molar-refractivity contribution in [1.29, 1.82) is 0 Å². The summed E-state index contributed by atoms with van der Waals surface area (Å²) in [5.74, 6) is 0.911. The van der Waals surface area contributed by atoms with Crippen LogP contribution in [0.3, 0.4) is 0 Å². The number of rotatable bonds is 34. The molecular formula is C44H83NO2. The topological polar surface area (TPSA) is 46.2 Å². The van der Waals surface area contributed by atoms with E-state index in [2.05, 4.69) is 19.2 Å². The van der Waals surface area contributed by atoms with E-state index >= 15 is 0 Å². The summed E-state index contributed by atoms with van der Waals surface area (Å²) in [4.78, 5) is 25.7. The Hall–Kier alpha value is -0.860. The SMILES string of the molecule is CCCCCCCCCCCCCCCCCCC1CCC(CCCCCCCCCCCCCCCCCC)C2C(=O)NC(=O)C12. The molecule has 47 heavy (non-hydrogen) atoms. The molecule has 2 amide bonds. The highest BCUT2D eigenvalue weighted by Crippen LogP contribution is 2.46. The Labute approximate surface area is 294 Å².